The minimum absolute atomic E-state index is 0.0553. The summed E-state index contributed by atoms with van der Waals surface area (Å²) in [6.07, 6.45) is 0. The second-order valence-electron chi connectivity index (χ2n) is 9.66. The van der Waals surface area contributed by atoms with E-state index in [1.165, 1.54) is 60.7 Å². The SMILES string of the molecule is O=C(Nc1ccc(OS(=O)(=O)c2cccc3ccccc23)cc1)Nc1ccc(OS(=O)(=O)c2cccc3ccccc23)cc1. The van der Waals surface area contributed by atoms with Crippen LogP contribution in [0.4, 0.5) is 16.2 Å². The van der Waals surface area contributed by atoms with Crippen LogP contribution in [0.15, 0.2) is 143 Å². The number of benzene rings is 6. The van der Waals surface area contributed by atoms with Crippen molar-refractivity contribution in [2.45, 2.75) is 9.79 Å². The highest BCUT2D eigenvalue weighted by atomic mass is 32.2. The third-order valence-electron chi connectivity index (χ3n) is 6.67. The Kier molecular flexibility index (Phi) is 7.64. The predicted molar refractivity (Wildman–Crippen MR) is 169 cm³/mol. The van der Waals surface area contributed by atoms with Crippen molar-refractivity contribution in [2.24, 2.45) is 0 Å². The molecule has 11 heteroatoms. The van der Waals surface area contributed by atoms with Crippen LogP contribution in [-0.2, 0) is 20.2 Å². The maximum absolute atomic E-state index is 13.0. The van der Waals surface area contributed by atoms with Gasteiger partial charge in [0.15, 0.2) is 0 Å². The van der Waals surface area contributed by atoms with E-state index in [1.54, 1.807) is 36.4 Å². The molecule has 0 atom stereocenters. The molecular formula is C33H24N2O7S2. The van der Waals surface area contributed by atoms with Gasteiger partial charge in [0.2, 0.25) is 0 Å². The quantitative estimate of drug-likeness (QED) is 0.172. The molecule has 0 aromatic heterocycles. The predicted octanol–water partition coefficient (Wildman–Crippen LogP) is 7.17. The Hall–Kier alpha value is -5.39. The van der Waals surface area contributed by atoms with E-state index in [0.717, 1.165) is 10.8 Å². The van der Waals surface area contributed by atoms with Gasteiger partial charge in [-0.3, -0.25) is 0 Å². The summed E-state index contributed by atoms with van der Waals surface area (Å²) in [6.45, 7) is 0. The molecule has 9 nitrogen and oxygen atoms in total. The summed E-state index contributed by atoms with van der Waals surface area (Å²) in [7, 11) is -8.21. The molecule has 0 spiro atoms. The van der Waals surface area contributed by atoms with Crippen LogP contribution >= 0.6 is 0 Å². The number of fused-ring (bicyclic) bond motifs is 2. The van der Waals surface area contributed by atoms with Crippen LogP contribution in [0.2, 0.25) is 0 Å². The number of amides is 2. The highest BCUT2D eigenvalue weighted by Gasteiger charge is 2.21. The zero-order valence-corrected chi connectivity index (χ0v) is 24.5. The van der Waals surface area contributed by atoms with Gasteiger partial charge in [-0.25, -0.2) is 4.79 Å². The number of carbonyl (C=O) groups excluding carboxylic acids is 1. The average molecular weight is 625 g/mol. The zero-order valence-electron chi connectivity index (χ0n) is 22.9. The van der Waals surface area contributed by atoms with E-state index in [4.69, 9.17) is 8.37 Å². The van der Waals surface area contributed by atoms with Crippen LogP contribution in [0, 0.1) is 0 Å². The van der Waals surface area contributed by atoms with E-state index in [0.29, 0.717) is 22.1 Å². The first-order valence-electron chi connectivity index (χ1n) is 13.3. The maximum atomic E-state index is 13.0. The molecular weight excluding hydrogens is 601 g/mol. The fourth-order valence-electron chi connectivity index (χ4n) is 4.65. The molecule has 2 N–H and O–H groups in total. The summed E-state index contributed by atoms with van der Waals surface area (Å²) in [4.78, 5) is 12.7. The van der Waals surface area contributed by atoms with E-state index in [1.807, 2.05) is 36.4 Å². The third-order valence-corrected chi connectivity index (χ3v) is 9.29. The number of nitrogens with one attached hydrogen (secondary N) is 2. The first-order chi connectivity index (χ1) is 21.2. The van der Waals surface area contributed by atoms with Gasteiger partial charge in [-0.2, -0.15) is 16.8 Å². The highest BCUT2D eigenvalue weighted by Crippen LogP contribution is 2.28. The summed E-state index contributed by atoms with van der Waals surface area (Å²) >= 11 is 0. The normalized spacial score (nSPS) is 11.6. The summed E-state index contributed by atoms with van der Waals surface area (Å²) < 4.78 is 62.5. The molecule has 220 valence electrons. The zero-order chi connectivity index (χ0) is 30.7. The van der Waals surface area contributed by atoms with Crippen LogP contribution in [0.25, 0.3) is 21.5 Å². The minimum Gasteiger partial charge on any atom is -0.379 e. The van der Waals surface area contributed by atoms with Crippen LogP contribution in [0.3, 0.4) is 0 Å². The van der Waals surface area contributed by atoms with Gasteiger partial charge < -0.3 is 19.0 Å². The van der Waals surface area contributed by atoms with Crippen molar-refractivity contribution in [3.8, 4) is 11.5 Å². The largest absolute Gasteiger partial charge is 0.379 e. The Morgan fingerprint density at radius 1 is 0.455 bits per heavy atom. The van der Waals surface area contributed by atoms with Crippen molar-refractivity contribution in [3.05, 3.63) is 133 Å². The van der Waals surface area contributed by atoms with Crippen LogP contribution in [0.5, 0.6) is 11.5 Å². The Morgan fingerprint density at radius 3 is 1.23 bits per heavy atom. The van der Waals surface area contributed by atoms with Gasteiger partial charge >= 0.3 is 26.3 Å². The van der Waals surface area contributed by atoms with E-state index >= 15 is 0 Å². The molecule has 0 bridgehead atoms. The molecule has 6 aromatic rings. The first kappa shape index (κ1) is 28.7. The van der Waals surface area contributed by atoms with Crippen molar-refractivity contribution in [2.75, 3.05) is 10.6 Å². The van der Waals surface area contributed by atoms with Gasteiger partial charge in [0.25, 0.3) is 0 Å². The number of urea groups is 1. The van der Waals surface area contributed by atoms with E-state index in [2.05, 4.69) is 10.6 Å². The second kappa shape index (κ2) is 11.7. The van der Waals surface area contributed by atoms with Crippen molar-refractivity contribution in [3.63, 3.8) is 0 Å². The maximum Gasteiger partial charge on any atom is 0.339 e. The lowest BCUT2D eigenvalue weighted by atomic mass is 10.1. The van der Waals surface area contributed by atoms with Gasteiger partial charge in [0.1, 0.15) is 21.3 Å². The Balaban J connectivity index is 1.07. The molecule has 6 aromatic carbocycles. The highest BCUT2D eigenvalue weighted by molar-refractivity contribution is 7.87. The number of anilines is 2. The Morgan fingerprint density at radius 2 is 0.818 bits per heavy atom. The molecule has 44 heavy (non-hydrogen) atoms. The third kappa shape index (κ3) is 6.19. The van der Waals surface area contributed by atoms with Crippen LogP contribution < -0.4 is 19.0 Å². The summed E-state index contributed by atoms with van der Waals surface area (Å²) in [5.41, 5.74) is 0.775. The van der Waals surface area contributed by atoms with Crippen molar-refractivity contribution in [1.29, 1.82) is 0 Å². The van der Waals surface area contributed by atoms with E-state index in [9.17, 15) is 21.6 Å². The second-order valence-corrected chi connectivity index (χ2v) is 12.7. The summed E-state index contributed by atoms with van der Waals surface area (Å²) in [5.74, 6) is 0.163. The number of carbonyl (C=O) groups is 1. The van der Waals surface area contributed by atoms with Crippen molar-refractivity contribution < 1.29 is 30.0 Å². The molecule has 0 radical (unpaired) electrons. The molecule has 0 unspecified atom stereocenters. The van der Waals surface area contributed by atoms with Gasteiger partial charge in [-0.15, -0.1) is 0 Å². The van der Waals surface area contributed by atoms with Gasteiger partial charge in [0, 0.05) is 22.1 Å². The standard InChI is InChI=1S/C33H24N2O7S2/c36-33(34-25-15-19-27(20-16-25)41-43(37,38)31-13-5-9-23-7-1-3-11-29(23)31)35-26-17-21-28(22-18-26)42-44(39,40)32-14-6-10-24-8-2-4-12-30(24)32/h1-22H,(H2,34,35,36). The molecule has 0 aliphatic carbocycles. The van der Waals surface area contributed by atoms with Crippen molar-refractivity contribution >= 4 is 59.2 Å². The van der Waals surface area contributed by atoms with Gasteiger partial charge in [-0.05, 0) is 71.4 Å². The molecule has 0 aliphatic rings. The lowest BCUT2D eigenvalue weighted by molar-refractivity contribution is 0.262. The number of hydrogen-bond acceptors (Lipinski definition) is 7. The monoisotopic (exact) mass is 624 g/mol. The molecule has 2 amide bonds. The molecule has 0 saturated heterocycles. The van der Waals surface area contributed by atoms with Crippen molar-refractivity contribution in [1.82, 2.24) is 0 Å². The smallest absolute Gasteiger partial charge is 0.339 e. The minimum atomic E-state index is -4.10. The Bertz CT molecular complexity index is 2050. The molecule has 0 aliphatic heterocycles. The van der Waals surface area contributed by atoms with E-state index < -0.39 is 26.3 Å². The molecule has 6 rings (SSSR count). The first-order valence-corrected chi connectivity index (χ1v) is 16.1. The van der Waals surface area contributed by atoms with Gasteiger partial charge in [-0.1, -0.05) is 72.8 Å². The fraction of sp³-hybridized carbons (Fsp3) is 0. The lowest BCUT2D eigenvalue weighted by Crippen LogP contribution is -2.19. The Labute approximate surface area is 253 Å². The fourth-order valence-corrected chi connectivity index (χ4v) is 6.96. The topological polar surface area (TPSA) is 128 Å². The number of hydrogen-bond donors (Lipinski definition) is 2. The van der Waals surface area contributed by atoms with Gasteiger partial charge in [0.05, 0.1) is 0 Å². The van der Waals surface area contributed by atoms with Crippen LogP contribution in [-0.4, -0.2) is 22.9 Å². The molecule has 0 fully saturated rings. The van der Waals surface area contributed by atoms with E-state index in [-0.39, 0.29) is 21.3 Å². The summed E-state index contributed by atoms with van der Waals surface area (Å²) in [5, 5.41) is 7.94. The number of rotatable bonds is 8. The molecule has 0 heterocycles. The summed E-state index contributed by atoms with van der Waals surface area (Å²) in [6, 6.07) is 35.3. The average Bonchev–Trinajstić information content (AvgIpc) is 3.02. The molecule has 0 saturated carbocycles. The lowest BCUT2D eigenvalue weighted by Gasteiger charge is -2.12. The van der Waals surface area contributed by atoms with Crippen LogP contribution in [0.1, 0.15) is 0 Å².